The fourth-order valence-corrected chi connectivity index (χ4v) is 2.22. The van der Waals surface area contributed by atoms with Gasteiger partial charge in [-0.15, -0.1) is 0 Å². The van der Waals surface area contributed by atoms with Crippen LogP contribution in [0.2, 0.25) is 0 Å². The van der Waals surface area contributed by atoms with E-state index in [1.54, 1.807) is 0 Å². The third kappa shape index (κ3) is 2.56. The topological polar surface area (TPSA) is 43.1 Å². The summed E-state index contributed by atoms with van der Waals surface area (Å²) in [6.07, 6.45) is 0.593. The lowest BCUT2D eigenvalue weighted by Crippen LogP contribution is -2.32. The summed E-state index contributed by atoms with van der Waals surface area (Å²) in [6.45, 7) is 0. The van der Waals surface area contributed by atoms with E-state index in [4.69, 9.17) is 5.73 Å². The second-order valence-electron chi connectivity index (χ2n) is 3.67. The number of carbonyl (C=O) groups excluding carboxylic acids is 1. The van der Waals surface area contributed by atoms with Crippen LogP contribution in [-0.2, 0) is 6.42 Å². The highest BCUT2D eigenvalue weighted by molar-refractivity contribution is 7.08. The lowest BCUT2D eigenvalue weighted by Gasteiger charge is -2.09. The van der Waals surface area contributed by atoms with Crippen LogP contribution in [0.3, 0.4) is 0 Å². The zero-order valence-corrected chi connectivity index (χ0v) is 9.61. The average Bonchev–Trinajstić information content (AvgIpc) is 2.83. The first-order valence-electron chi connectivity index (χ1n) is 5.13. The average molecular weight is 231 g/mol. The molecular formula is C13H13NOS. The Balaban J connectivity index is 2.04. The van der Waals surface area contributed by atoms with Crippen LogP contribution in [0.25, 0.3) is 0 Å². The largest absolute Gasteiger partial charge is 0.321 e. The molecule has 2 rings (SSSR count). The van der Waals surface area contributed by atoms with E-state index in [1.165, 1.54) is 11.3 Å². The van der Waals surface area contributed by atoms with Crippen molar-refractivity contribution in [2.24, 2.45) is 5.73 Å². The summed E-state index contributed by atoms with van der Waals surface area (Å²) in [5, 5.41) is 3.73. The highest BCUT2D eigenvalue weighted by Crippen LogP contribution is 2.11. The quantitative estimate of drug-likeness (QED) is 0.821. The highest BCUT2D eigenvalue weighted by Gasteiger charge is 2.16. The Bertz CT molecular complexity index is 450. The fraction of sp³-hybridized carbons (Fsp3) is 0.154. The Hall–Kier alpha value is -1.45. The SMILES string of the molecule is NC(Cc1ccccc1)C(=O)c1ccsc1. The van der Waals surface area contributed by atoms with E-state index in [-0.39, 0.29) is 5.78 Å². The van der Waals surface area contributed by atoms with Gasteiger partial charge in [0.1, 0.15) is 0 Å². The summed E-state index contributed by atoms with van der Waals surface area (Å²) in [5.41, 5.74) is 7.71. The van der Waals surface area contributed by atoms with Gasteiger partial charge in [-0.3, -0.25) is 4.79 Å². The predicted octanol–water partition coefficient (Wildman–Crippen LogP) is 2.50. The minimum absolute atomic E-state index is 0.0186. The number of hydrogen-bond acceptors (Lipinski definition) is 3. The van der Waals surface area contributed by atoms with Crippen LogP contribution < -0.4 is 5.73 Å². The molecule has 2 aromatic rings. The molecule has 2 N–H and O–H groups in total. The van der Waals surface area contributed by atoms with Gasteiger partial charge in [-0.2, -0.15) is 11.3 Å². The van der Waals surface area contributed by atoms with Gasteiger partial charge in [0, 0.05) is 10.9 Å². The molecule has 3 heteroatoms. The molecule has 0 saturated heterocycles. The van der Waals surface area contributed by atoms with E-state index in [0.717, 1.165) is 5.56 Å². The molecule has 1 heterocycles. The van der Waals surface area contributed by atoms with Crippen molar-refractivity contribution in [3.05, 3.63) is 58.3 Å². The van der Waals surface area contributed by atoms with Gasteiger partial charge < -0.3 is 5.73 Å². The number of carbonyl (C=O) groups is 1. The van der Waals surface area contributed by atoms with Crippen LogP contribution >= 0.6 is 11.3 Å². The van der Waals surface area contributed by atoms with Gasteiger partial charge in [0.05, 0.1) is 6.04 Å². The molecule has 82 valence electrons. The van der Waals surface area contributed by atoms with Crippen LogP contribution in [-0.4, -0.2) is 11.8 Å². The molecule has 1 aromatic carbocycles. The molecule has 1 unspecified atom stereocenters. The molecule has 0 radical (unpaired) electrons. The van der Waals surface area contributed by atoms with Crippen molar-refractivity contribution in [3.8, 4) is 0 Å². The van der Waals surface area contributed by atoms with E-state index < -0.39 is 6.04 Å². The number of benzene rings is 1. The summed E-state index contributed by atoms with van der Waals surface area (Å²) < 4.78 is 0. The van der Waals surface area contributed by atoms with Crippen LogP contribution in [0.4, 0.5) is 0 Å². The Morgan fingerprint density at radius 3 is 2.62 bits per heavy atom. The molecule has 0 aliphatic heterocycles. The molecule has 2 nitrogen and oxygen atoms in total. The Labute approximate surface area is 98.7 Å². The molecule has 0 saturated carbocycles. The van der Waals surface area contributed by atoms with E-state index in [1.807, 2.05) is 47.2 Å². The molecule has 1 atom stereocenters. The number of nitrogens with two attached hydrogens (primary N) is 1. The molecule has 0 aliphatic rings. The van der Waals surface area contributed by atoms with Crippen molar-refractivity contribution in [2.45, 2.75) is 12.5 Å². The fourth-order valence-electron chi connectivity index (χ4n) is 1.58. The van der Waals surface area contributed by atoms with Crippen molar-refractivity contribution in [2.75, 3.05) is 0 Å². The first kappa shape index (κ1) is 11.0. The smallest absolute Gasteiger partial charge is 0.180 e. The lowest BCUT2D eigenvalue weighted by atomic mass is 10.0. The first-order valence-corrected chi connectivity index (χ1v) is 6.07. The zero-order chi connectivity index (χ0) is 11.4. The third-order valence-electron chi connectivity index (χ3n) is 2.44. The van der Waals surface area contributed by atoms with Crippen molar-refractivity contribution < 1.29 is 4.79 Å². The van der Waals surface area contributed by atoms with Crippen LogP contribution in [0.5, 0.6) is 0 Å². The molecular weight excluding hydrogens is 218 g/mol. The van der Waals surface area contributed by atoms with Crippen LogP contribution in [0, 0.1) is 0 Å². The van der Waals surface area contributed by atoms with Crippen molar-refractivity contribution >= 4 is 17.1 Å². The van der Waals surface area contributed by atoms with Crippen molar-refractivity contribution in [3.63, 3.8) is 0 Å². The molecule has 0 spiro atoms. The summed E-state index contributed by atoms with van der Waals surface area (Å²) in [4.78, 5) is 11.9. The highest BCUT2D eigenvalue weighted by atomic mass is 32.1. The summed E-state index contributed by atoms with van der Waals surface area (Å²) in [6, 6.07) is 11.2. The Morgan fingerprint density at radius 1 is 1.25 bits per heavy atom. The normalized spacial score (nSPS) is 12.3. The van der Waals surface area contributed by atoms with E-state index in [0.29, 0.717) is 12.0 Å². The number of rotatable bonds is 4. The van der Waals surface area contributed by atoms with Crippen molar-refractivity contribution in [1.29, 1.82) is 0 Å². The standard InChI is InChI=1S/C13H13NOS/c14-12(8-10-4-2-1-3-5-10)13(15)11-6-7-16-9-11/h1-7,9,12H,8,14H2. The van der Waals surface area contributed by atoms with Crippen molar-refractivity contribution in [1.82, 2.24) is 0 Å². The van der Waals surface area contributed by atoms with Gasteiger partial charge in [-0.05, 0) is 23.4 Å². The summed E-state index contributed by atoms with van der Waals surface area (Å²) >= 11 is 1.52. The molecule has 0 bridgehead atoms. The van der Waals surface area contributed by atoms with Gasteiger partial charge in [0.25, 0.3) is 0 Å². The molecule has 16 heavy (non-hydrogen) atoms. The van der Waals surface area contributed by atoms with E-state index in [9.17, 15) is 4.79 Å². The summed E-state index contributed by atoms with van der Waals surface area (Å²) in [7, 11) is 0. The van der Waals surface area contributed by atoms with Gasteiger partial charge in [-0.25, -0.2) is 0 Å². The first-order chi connectivity index (χ1) is 7.77. The monoisotopic (exact) mass is 231 g/mol. The number of Topliss-reactive ketones (excluding diaryl/α,β-unsaturated/α-hetero) is 1. The molecule has 1 aromatic heterocycles. The maximum Gasteiger partial charge on any atom is 0.180 e. The second-order valence-corrected chi connectivity index (χ2v) is 4.45. The number of hydrogen-bond donors (Lipinski definition) is 1. The van der Waals surface area contributed by atoms with Gasteiger partial charge in [0.2, 0.25) is 0 Å². The maximum absolute atomic E-state index is 11.9. The van der Waals surface area contributed by atoms with Gasteiger partial charge in [0.15, 0.2) is 5.78 Å². The Kier molecular flexibility index (Phi) is 3.49. The zero-order valence-electron chi connectivity index (χ0n) is 8.80. The van der Waals surface area contributed by atoms with Crippen LogP contribution in [0.1, 0.15) is 15.9 Å². The molecule has 0 fully saturated rings. The van der Waals surface area contributed by atoms with Gasteiger partial charge in [-0.1, -0.05) is 30.3 Å². The Morgan fingerprint density at radius 2 is 2.00 bits per heavy atom. The molecule has 0 aliphatic carbocycles. The van der Waals surface area contributed by atoms with E-state index in [2.05, 4.69) is 0 Å². The lowest BCUT2D eigenvalue weighted by molar-refractivity contribution is 0.0961. The minimum Gasteiger partial charge on any atom is -0.321 e. The third-order valence-corrected chi connectivity index (χ3v) is 3.12. The second kappa shape index (κ2) is 5.05. The summed E-state index contributed by atoms with van der Waals surface area (Å²) in [5.74, 6) is 0.0186. The van der Waals surface area contributed by atoms with Gasteiger partial charge >= 0.3 is 0 Å². The number of ketones is 1. The number of thiophene rings is 1. The maximum atomic E-state index is 11.9. The predicted molar refractivity (Wildman–Crippen MR) is 66.8 cm³/mol. The minimum atomic E-state index is -0.447. The van der Waals surface area contributed by atoms with Crippen LogP contribution in [0.15, 0.2) is 47.2 Å². The molecule has 0 amide bonds. The van der Waals surface area contributed by atoms with E-state index >= 15 is 0 Å².